The van der Waals surface area contributed by atoms with Crippen LogP contribution < -0.4 is 21.5 Å². The minimum absolute atomic E-state index is 0.0164. The molecule has 2 amide bonds. The van der Waals surface area contributed by atoms with E-state index in [2.05, 4.69) is 26.0 Å². The highest BCUT2D eigenvalue weighted by molar-refractivity contribution is 9.10. The van der Waals surface area contributed by atoms with E-state index >= 15 is 0 Å². The molecule has 0 bridgehead atoms. The standard InChI is InChI=1S/C9H12BrFN4O3S/c10-5-3-8(7(12)4-6(5)11)19(17,18)15-2-1-14-9(13)16/h3-4,15H,1-2,12H2,(H3,13,14,16). The molecule has 0 unspecified atom stereocenters. The lowest BCUT2D eigenvalue weighted by Crippen LogP contribution is -2.37. The number of hydrogen-bond donors (Lipinski definition) is 4. The Kier molecular flexibility index (Phi) is 5.09. The van der Waals surface area contributed by atoms with E-state index in [1.165, 1.54) is 0 Å². The van der Waals surface area contributed by atoms with Crippen LogP contribution in [0, 0.1) is 5.82 Å². The summed E-state index contributed by atoms with van der Waals surface area (Å²) >= 11 is 2.88. The molecule has 106 valence electrons. The molecule has 0 aliphatic rings. The third-order valence-corrected chi connectivity index (χ3v) is 4.18. The largest absolute Gasteiger partial charge is 0.398 e. The molecule has 0 atom stereocenters. The van der Waals surface area contributed by atoms with Gasteiger partial charge in [0.25, 0.3) is 0 Å². The SMILES string of the molecule is NC(=O)NCCNS(=O)(=O)c1cc(Br)c(F)cc1N. The highest BCUT2D eigenvalue weighted by atomic mass is 79.9. The molecule has 10 heteroatoms. The van der Waals surface area contributed by atoms with Gasteiger partial charge in [-0.3, -0.25) is 0 Å². The van der Waals surface area contributed by atoms with Crippen LogP contribution in [0.2, 0.25) is 0 Å². The van der Waals surface area contributed by atoms with Crippen molar-refractivity contribution in [1.29, 1.82) is 0 Å². The molecule has 0 aliphatic carbocycles. The highest BCUT2D eigenvalue weighted by Crippen LogP contribution is 2.25. The summed E-state index contributed by atoms with van der Waals surface area (Å²) < 4.78 is 39.1. The van der Waals surface area contributed by atoms with Crippen molar-refractivity contribution >= 4 is 37.7 Å². The van der Waals surface area contributed by atoms with Gasteiger partial charge < -0.3 is 16.8 Å². The second-order valence-corrected chi connectivity index (χ2v) is 6.08. The van der Waals surface area contributed by atoms with Crippen molar-refractivity contribution in [3.05, 3.63) is 22.4 Å². The molecular weight excluding hydrogens is 343 g/mol. The molecule has 0 radical (unpaired) electrons. The molecule has 19 heavy (non-hydrogen) atoms. The Morgan fingerprint density at radius 1 is 1.37 bits per heavy atom. The summed E-state index contributed by atoms with van der Waals surface area (Å²) in [5, 5.41) is 2.22. The van der Waals surface area contributed by atoms with E-state index in [1.54, 1.807) is 0 Å². The summed E-state index contributed by atoms with van der Waals surface area (Å²) in [4.78, 5) is 10.1. The zero-order chi connectivity index (χ0) is 14.6. The Morgan fingerprint density at radius 3 is 2.58 bits per heavy atom. The van der Waals surface area contributed by atoms with Gasteiger partial charge in [0.1, 0.15) is 10.7 Å². The van der Waals surface area contributed by atoms with Gasteiger partial charge in [0.05, 0.1) is 10.2 Å². The number of carbonyl (C=O) groups excluding carboxylic acids is 1. The van der Waals surface area contributed by atoms with Gasteiger partial charge in [-0.25, -0.2) is 22.3 Å². The van der Waals surface area contributed by atoms with Crippen molar-refractivity contribution in [3.63, 3.8) is 0 Å². The average Bonchev–Trinajstić information content (AvgIpc) is 2.29. The van der Waals surface area contributed by atoms with E-state index in [-0.39, 0.29) is 28.1 Å². The number of primary amides is 1. The lowest BCUT2D eigenvalue weighted by molar-refractivity contribution is 0.249. The number of sulfonamides is 1. The van der Waals surface area contributed by atoms with Gasteiger partial charge in [-0.15, -0.1) is 0 Å². The molecule has 0 saturated heterocycles. The zero-order valence-corrected chi connectivity index (χ0v) is 12.0. The van der Waals surface area contributed by atoms with Crippen LogP contribution in [0.5, 0.6) is 0 Å². The number of amides is 2. The first kappa shape index (κ1) is 15.7. The zero-order valence-electron chi connectivity index (χ0n) is 9.61. The van der Waals surface area contributed by atoms with E-state index in [0.717, 1.165) is 12.1 Å². The van der Waals surface area contributed by atoms with Crippen LogP contribution in [0.3, 0.4) is 0 Å². The van der Waals surface area contributed by atoms with Crippen LogP contribution >= 0.6 is 15.9 Å². The first-order chi connectivity index (χ1) is 8.74. The smallest absolute Gasteiger partial charge is 0.312 e. The van der Waals surface area contributed by atoms with E-state index in [0.29, 0.717) is 0 Å². The van der Waals surface area contributed by atoms with Crippen LogP contribution in [-0.2, 0) is 10.0 Å². The molecule has 0 saturated carbocycles. The van der Waals surface area contributed by atoms with Gasteiger partial charge in [0, 0.05) is 13.1 Å². The summed E-state index contributed by atoms with van der Waals surface area (Å²) in [6.45, 7) is -0.0451. The number of anilines is 1. The van der Waals surface area contributed by atoms with Crippen LogP contribution in [0.4, 0.5) is 14.9 Å². The number of nitrogens with one attached hydrogen (secondary N) is 2. The van der Waals surface area contributed by atoms with Crippen molar-refractivity contribution in [2.45, 2.75) is 4.90 Å². The normalized spacial score (nSPS) is 11.3. The number of hydrogen-bond acceptors (Lipinski definition) is 4. The van der Waals surface area contributed by atoms with Crippen LogP contribution in [-0.4, -0.2) is 27.5 Å². The first-order valence-corrected chi connectivity index (χ1v) is 7.29. The number of rotatable bonds is 5. The summed E-state index contributed by atoms with van der Waals surface area (Å²) in [6, 6.07) is 1.21. The number of carbonyl (C=O) groups is 1. The molecule has 1 aromatic carbocycles. The molecule has 0 spiro atoms. The lowest BCUT2D eigenvalue weighted by Gasteiger charge is -2.10. The maximum atomic E-state index is 13.1. The van der Waals surface area contributed by atoms with Gasteiger partial charge in [-0.2, -0.15) is 0 Å². The van der Waals surface area contributed by atoms with Crippen LogP contribution in [0.1, 0.15) is 0 Å². The van der Waals surface area contributed by atoms with Gasteiger partial charge >= 0.3 is 6.03 Å². The van der Waals surface area contributed by atoms with Gasteiger partial charge in [0.2, 0.25) is 10.0 Å². The maximum Gasteiger partial charge on any atom is 0.312 e. The molecule has 7 nitrogen and oxygen atoms in total. The molecule has 1 rings (SSSR count). The number of nitrogens with two attached hydrogens (primary N) is 2. The quantitative estimate of drug-likeness (QED) is 0.442. The lowest BCUT2D eigenvalue weighted by atomic mass is 10.3. The highest BCUT2D eigenvalue weighted by Gasteiger charge is 2.19. The summed E-state index contributed by atoms with van der Waals surface area (Å²) in [7, 11) is -3.89. The number of nitrogen functional groups attached to an aromatic ring is 1. The molecule has 0 aromatic heterocycles. The minimum atomic E-state index is -3.89. The van der Waals surface area contributed by atoms with Gasteiger partial charge in [-0.05, 0) is 28.1 Å². The fourth-order valence-electron chi connectivity index (χ4n) is 1.23. The molecule has 1 aromatic rings. The van der Waals surface area contributed by atoms with Crippen LogP contribution in [0.25, 0.3) is 0 Å². The first-order valence-electron chi connectivity index (χ1n) is 5.01. The van der Waals surface area contributed by atoms with Crippen molar-refractivity contribution in [1.82, 2.24) is 10.0 Å². The second kappa shape index (κ2) is 6.17. The van der Waals surface area contributed by atoms with Crippen molar-refractivity contribution in [3.8, 4) is 0 Å². The molecule has 0 aliphatic heterocycles. The number of benzene rings is 1. The monoisotopic (exact) mass is 354 g/mol. The van der Waals surface area contributed by atoms with Crippen LogP contribution in [0.15, 0.2) is 21.5 Å². The summed E-state index contributed by atoms with van der Waals surface area (Å²) in [6.07, 6.45) is 0. The second-order valence-electron chi connectivity index (χ2n) is 3.49. The van der Waals surface area contributed by atoms with E-state index in [9.17, 15) is 17.6 Å². The predicted molar refractivity (Wildman–Crippen MR) is 71.3 cm³/mol. The summed E-state index contributed by atoms with van der Waals surface area (Å²) in [5.41, 5.74) is 10.1. The van der Waals surface area contributed by atoms with Crippen molar-refractivity contribution in [2.75, 3.05) is 18.8 Å². The molecule has 6 N–H and O–H groups in total. The van der Waals surface area contributed by atoms with E-state index in [4.69, 9.17) is 11.5 Å². The fraction of sp³-hybridized carbons (Fsp3) is 0.222. The maximum absolute atomic E-state index is 13.1. The average molecular weight is 355 g/mol. The van der Waals surface area contributed by atoms with Gasteiger partial charge in [0.15, 0.2) is 0 Å². The predicted octanol–water partition coefficient (Wildman–Crippen LogP) is 0.117. The van der Waals surface area contributed by atoms with Crippen molar-refractivity contribution < 1.29 is 17.6 Å². The summed E-state index contributed by atoms with van der Waals surface area (Å²) in [5.74, 6) is -0.660. The topological polar surface area (TPSA) is 127 Å². The number of halogens is 2. The van der Waals surface area contributed by atoms with E-state index < -0.39 is 21.9 Å². The van der Waals surface area contributed by atoms with E-state index in [1.807, 2.05) is 0 Å². The Labute approximate surface area is 117 Å². The van der Waals surface area contributed by atoms with Crippen molar-refractivity contribution in [2.24, 2.45) is 5.73 Å². The number of urea groups is 1. The molecular formula is C9H12BrFN4O3S. The Bertz CT molecular complexity index is 593. The molecule has 0 fully saturated rings. The third-order valence-electron chi connectivity index (χ3n) is 2.06. The van der Waals surface area contributed by atoms with Gasteiger partial charge in [-0.1, -0.05) is 0 Å². The Morgan fingerprint density at radius 2 is 2.00 bits per heavy atom. The minimum Gasteiger partial charge on any atom is -0.398 e. The molecule has 0 heterocycles. The Hall–Kier alpha value is -1.39. The Balaban J connectivity index is 2.83. The fourth-order valence-corrected chi connectivity index (χ4v) is 2.89. The third kappa shape index (κ3) is 4.33.